The van der Waals surface area contributed by atoms with Crippen LogP contribution in [0.1, 0.15) is 51.7 Å². The standard InChI is InChI=1S/C21H27NO4/c1-12-16(19(23)25-6)18(17(13(2)22-12)20(24)26-7)14-9-8-10-15(11-14)21(3,4)5/h8-11,18,22H,1-7H3. The van der Waals surface area contributed by atoms with Crippen LogP contribution in [0, 0.1) is 0 Å². The van der Waals surface area contributed by atoms with Gasteiger partial charge in [-0.15, -0.1) is 0 Å². The van der Waals surface area contributed by atoms with Crippen molar-refractivity contribution in [2.45, 2.75) is 46.0 Å². The molecule has 1 aliphatic rings. The smallest absolute Gasteiger partial charge is 0.336 e. The lowest BCUT2D eigenvalue weighted by Crippen LogP contribution is -2.32. The minimum Gasteiger partial charge on any atom is -0.466 e. The number of dihydropyridines is 1. The van der Waals surface area contributed by atoms with Crippen molar-refractivity contribution < 1.29 is 19.1 Å². The molecule has 0 spiro atoms. The number of methoxy groups -OCH3 is 2. The van der Waals surface area contributed by atoms with Gasteiger partial charge in [-0.1, -0.05) is 45.0 Å². The van der Waals surface area contributed by atoms with Gasteiger partial charge in [0.05, 0.1) is 31.3 Å². The minimum absolute atomic E-state index is 0.0582. The maximum absolute atomic E-state index is 12.5. The number of hydrogen-bond acceptors (Lipinski definition) is 5. The Morgan fingerprint density at radius 1 is 0.962 bits per heavy atom. The summed E-state index contributed by atoms with van der Waals surface area (Å²) in [6.45, 7) is 9.99. The van der Waals surface area contributed by atoms with Crippen molar-refractivity contribution in [1.82, 2.24) is 5.32 Å². The fourth-order valence-corrected chi connectivity index (χ4v) is 3.27. The fourth-order valence-electron chi connectivity index (χ4n) is 3.27. The Labute approximate surface area is 155 Å². The molecule has 1 aromatic rings. The molecule has 0 amide bonds. The highest BCUT2D eigenvalue weighted by molar-refractivity contribution is 5.99. The van der Waals surface area contributed by atoms with E-state index in [2.05, 4.69) is 26.1 Å². The SMILES string of the molecule is COC(=O)C1=C(C)NC(C)=C(C(=O)OC)C1c1cccc(C(C)(C)C)c1. The van der Waals surface area contributed by atoms with E-state index in [1.807, 2.05) is 38.1 Å². The molecule has 1 aliphatic heterocycles. The molecule has 140 valence electrons. The van der Waals surface area contributed by atoms with Gasteiger partial charge in [0.1, 0.15) is 0 Å². The van der Waals surface area contributed by atoms with Crippen molar-refractivity contribution in [3.8, 4) is 0 Å². The average molecular weight is 357 g/mol. The van der Waals surface area contributed by atoms with Crippen LogP contribution in [0.15, 0.2) is 46.8 Å². The molecule has 5 heteroatoms. The van der Waals surface area contributed by atoms with Crippen LogP contribution in [0.3, 0.4) is 0 Å². The predicted molar refractivity (Wildman–Crippen MR) is 100 cm³/mol. The van der Waals surface area contributed by atoms with Crippen LogP contribution in [0.5, 0.6) is 0 Å². The monoisotopic (exact) mass is 357 g/mol. The molecule has 0 fully saturated rings. The van der Waals surface area contributed by atoms with Crippen molar-refractivity contribution in [3.05, 3.63) is 57.9 Å². The molecule has 0 radical (unpaired) electrons. The van der Waals surface area contributed by atoms with E-state index in [1.54, 1.807) is 0 Å². The van der Waals surface area contributed by atoms with Crippen LogP contribution >= 0.6 is 0 Å². The number of ether oxygens (including phenoxy) is 2. The average Bonchev–Trinajstić information content (AvgIpc) is 2.59. The number of carbonyl (C=O) groups is 2. The third kappa shape index (κ3) is 3.66. The van der Waals surface area contributed by atoms with E-state index in [0.717, 1.165) is 11.1 Å². The fraction of sp³-hybridized carbons (Fsp3) is 0.429. The number of benzene rings is 1. The van der Waals surface area contributed by atoms with Crippen molar-refractivity contribution in [3.63, 3.8) is 0 Å². The summed E-state index contributed by atoms with van der Waals surface area (Å²) < 4.78 is 9.99. The van der Waals surface area contributed by atoms with Gasteiger partial charge in [0, 0.05) is 11.4 Å². The second-order valence-electron chi connectivity index (χ2n) is 7.49. The Morgan fingerprint density at radius 2 is 1.46 bits per heavy atom. The van der Waals surface area contributed by atoms with Gasteiger partial charge in [-0.25, -0.2) is 9.59 Å². The van der Waals surface area contributed by atoms with Crippen LogP contribution in [0.4, 0.5) is 0 Å². The summed E-state index contributed by atoms with van der Waals surface area (Å²) in [7, 11) is 2.68. The Kier molecular flexibility index (Phi) is 5.59. The molecular weight excluding hydrogens is 330 g/mol. The Balaban J connectivity index is 2.73. The lowest BCUT2D eigenvalue weighted by Gasteiger charge is -2.31. The Hall–Kier alpha value is -2.56. The topological polar surface area (TPSA) is 64.6 Å². The summed E-state index contributed by atoms with van der Waals surface area (Å²) in [4.78, 5) is 25.0. The highest BCUT2D eigenvalue weighted by Crippen LogP contribution is 2.40. The molecule has 0 atom stereocenters. The number of esters is 2. The van der Waals surface area contributed by atoms with Gasteiger partial charge in [-0.3, -0.25) is 0 Å². The zero-order valence-electron chi connectivity index (χ0n) is 16.5. The molecule has 0 unspecified atom stereocenters. The third-order valence-corrected chi connectivity index (χ3v) is 4.66. The Morgan fingerprint density at radius 3 is 1.88 bits per heavy atom. The third-order valence-electron chi connectivity index (χ3n) is 4.66. The van der Waals surface area contributed by atoms with Crippen LogP contribution in [0.25, 0.3) is 0 Å². The summed E-state index contributed by atoms with van der Waals surface area (Å²) in [5, 5.41) is 3.11. The van der Waals surface area contributed by atoms with Crippen molar-refractivity contribution in [2.75, 3.05) is 14.2 Å². The lowest BCUT2D eigenvalue weighted by molar-refractivity contribution is -0.137. The van der Waals surface area contributed by atoms with Crippen LogP contribution in [-0.4, -0.2) is 26.2 Å². The van der Waals surface area contributed by atoms with Gasteiger partial charge in [0.15, 0.2) is 0 Å². The van der Waals surface area contributed by atoms with E-state index < -0.39 is 17.9 Å². The largest absolute Gasteiger partial charge is 0.466 e. The number of nitrogens with one attached hydrogen (secondary N) is 1. The number of allylic oxidation sites excluding steroid dienone is 2. The quantitative estimate of drug-likeness (QED) is 0.838. The van der Waals surface area contributed by atoms with E-state index in [-0.39, 0.29) is 5.41 Å². The first-order valence-corrected chi connectivity index (χ1v) is 8.57. The number of carbonyl (C=O) groups excluding carboxylic acids is 2. The van der Waals surface area contributed by atoms with E-state index in [1.165, 1.54) is 14.2 Å². The van der Waals surface area contributed by atoms with E-state index in [9.17, 15) is 9.59 Å². The maximum atomic E-state index is 12.5. The van der Waals surface area contributed by atoms with Gasteiger partial charge < -0.3 is 14.8 Å². The zero-order valence-corrected chi connectivity index (χ0v) is 16.5. The molecule has 2 rings (SSSR count). The highest BCUT2D eigenvalue weighted by Gasteiger charge is 2.37. The molecule has 1 heterocycles. The predicted octanol–water partition coefficient (Wildman–Crippen LogP) is 3.56. The molecule has 26 heavy (non-hydrogen) atoms. The minimum atomic E-state index is -0.543. The zero-order chi connectivity index (χ0) is 19.6. The summed E-state index contributed by atoms with van der Waals surface area (Å²) in [5.74, 6) is -1.47. The Bertz CT molecular complexity index is 758. The molecule has 0 saturated heterocycles. The molecule has 5 nitrogen and oxygen atoms in total. The molecular formula is C21H27NO4. The molecule has 0 saturated carbocycles. The van der Waals surface area contributed by atoms with Gasteiger partial charge in [0.2, 0.25) is 0 Å². The molecule has 1 aromatic carbocycles. The summed E-state index contributed by atoms with van der Waals surface area (Å²) in [6.07, 6.45) is 0. The van der Waals surface area contributed by atoms with Crippen molar-refractivity contribution >= 4 is 11.9 Å². The van der Waals surface area contributed by atoms with Crippen molar-refractivity contribution in [1.29, 1.82) is 0 Å². The van der Waals surface area contributed by atoms with Gasteiger partial charge >= 0.3 is 11.9 Å². The first-order valence-electron chi connectivity index (χ1n) is 8.57. The van der Waals surface area contributed by atoms with Crippen LogP contribution in [-0.2, 0) is 24.5 Å². The van der Waals surface area contributed by atoms with Gasteiger partial charge in [0.25, 0.3) is 0 Å². The number of hydrogen-bond donors (Lipinski definition) is 1. The first-order chi connectivity index (χ1) is 12.1. The summed E-state index contributed by atoms with van der Waals surface area (Å²) in [6, 6.07) is 7.97. The second-order valence-corrected chi connectivity index (χ2v) is 7.49. The maximum Gasteiger partial charge on any atom is 0.336 e. The number of rotatable bonds is 3. The summed E-state index contributed by atoms with van der Waals surface area (Å²) in [5.41, 5.74) is 4.11. The highest BCUT2D eigenvalue weighted by atomic mass is 16.5. The van der Waals surface area contributed by atoms with Gasteiger partial charge in [-0.05, 0) is 30.4 Å². The van der Waals surface area contributed by atoms with E-state index in [0.29, 0.717) is 22.5 Å². The summed E-state index contributed by atoms with van der Waals surface area (Å²) >= 11 is 0. The normalized spacial score (nSPS) is 15.7. The van der Waals surface area contributed by atoms with Gasteiger partial charge in [-0.2, -0.15) is 0 Å². The lowest BCUT2D eigenvalue weighted by atomic mass is 9.78. The van der Waals surface area contributed by atoms with E-state index in [4.69, 9.17) is 9.47 Å². The van der Waals surface area contributed by atoms with Crippen LogP contribution in [0.2, 0.25) is 0 Å². The van der Waals surface area contributed by atoms with Crippen LogP contribution < -0.4 is 5.32 Å². The molecule has 0 aliphatic carbocycles. The second kappa shape index (κ2) is 7.36. The van der Waals surface area contributed by atoms with Crippen molar-refractivity contribution in [2.24, 2.45) is 0 Å². The molecule has 1 N–H and O–H groups in total. The first kappa shape index (κ1) is 19.8. The molecule has 0 aromatic heterocycles. The van der Waals surface area contributed by atoms with E-state index >= 15 is 0 Å². The molecule has 0 bridgehead atoms.